The van der Waals surface area contributed by atoms with Crippen LogP contribution in [0, 0.1) is 6.92 Å². The predicted octanol–water partition coefficient (Wildman–Crippen LogP) is 3.10. The van der Waals surface area contributed by atoms with E-state index in [1.54, 1.807) is 17.9 Å². The maximum atomic E-state index is 13.2. The lowest BCUT2D eigenvalue weighted by Gasteiger charge is -2.32. The molecule has 0 spiro atoms. The molecule has 0 atom stereocenters. The summed E-state index contributed by atoms with van der Waals surface area (Å²) in [6.45, 7) is 4.27. The second kappa shape index (κ2) is 9.78. The number of aromatic nitrogens is 3. The molecule has 1 aromatic carbocycles. The highest BCUT2D eigenvalue weighted by molar-refractivity contribution is 8.00. The number of rotatable bonds is 5. The van der Waals surface area contributed by atoms with Crippen LogP contribution in [0.4, 0.5) is 13.2 Å². The molecule has 3 heterocycles. The van der Waals surface area contributed by atoms with E-state index >= 15 is 0 Å². The van der Waals surface area contributed by atoms with Crippen molar-refractivity contribution in [3.05, 3.63) is 70.0 Å². The van der Waals surface area contributed by atoms with Crippen LogP contribution in [0.15, 0.2) is 52.4 Å². The quantitative estimate of drug-likeness (QED) is 0.535. The Labute approximate surface area is 203 Å². The maximum Gasteiger partial charge on any atom is 0.446 e. The Morgan fingerprint density at radius 2 is 1.77 bits per heavy atom. The average molecular weight is 508 g/mol. The SMILES string of the molecule is Cc1c(O)n(-c2ccc(SC(F)(F)F)cc2)c(=O)n1Cc1ccncc1C(=O)N1CCN(C)CC1. The third-order valence-electron chi connectivity index (χ3n) is 5.95. The van der Waals surface area contributed by atoms with Crippen LogP contribution in [0.2, 0.25) is 0 Å². The number of nitrogens with zero attached hydrogens (tertiary/aromatic N) is 5. The van der Waals surface area contributed by atoms with Crippen molar-refractivity contribution in [3.8, 4) is 11.6 Å². The zero-order chi connectivity index (χ0) is 25.3. The number of aromatic hydroxyl groups is 1. The number of likely N-dealkylation sites (N-methyl/N-ethyl adjacent to an activating group) is 1. The summed E-state index contributed by atoms with van der Waals surface area (Å²) in [6.07, 6.45) is 3.01. The van der Waals surface area contributed by atoms with Gasteiger partial charge in [0, 0.05) is 43.5 Å². The van der Waals surface area contributed by atoms with Gasteiger partial charge >= 0.3 is 11.2 Å². The molecule has 12 heteroatoms. The molecule has 0 aliphatic carbocycles. The van der Waals surface area contributed by atoms with Crippen LogP contribution in [0.25, 0.3) is 5.69 Å². The molecular formula is C23H24F3N5O3S. The Balaban J connectivity index is 1.63. The minimum atomic E-state index is -4.43. The van der Waals surface area contributed by atoms with E-state index < -0.39 is 11.2 Å². The van der Waals surface area contributed by atoms with Gasteiger partial charge in [0.1, 0.15) is 0 Å². The normalized spacial score (nSPS) is 14.9. The lowest BCUT2D eigenvalue weighted by molar-refractivity contribution is -0.0328. The molecule has 186 valence electrons. The second-order valence-electron chi connectivity index (χ2n) is 8.28. The molecule has 1 amide bonds. The number of benzene rings is 1. The highest BCUT2D eigenvalue weighted by atomic mass is 32.2. The van der Waals surface area contributed by atoms with E-state index in [-0.39, 0.29) is 46.4 Å². The van der Waals surface area contributed by atoms with Crippen LogP contribution in [0.3, 0.4) is 0 Å². The lowest BCUT2D eigenvalue weighted by atomic mass is 10.1. The van der Waals surface area contributed by atoms with Crippen molar-refractivity contribution in [1.82, 2.24) is 23.9 Å². The Morgan fingerprint density at radius 3 is 2.40 bits per heavy atom. The van der Waals surface area contributed by atoms with Crippen molar-refractivity contribution in [3.63, 3.8) is 0 Å². The van der Waals surface area contributed by atoms with Crippen LogP contribution in [-0.2, 0) is 6.54 Å². The third kappa shape index (κ3) is 5.38. The monoisotopic (exact) mass is 507 g/mol. The molecule has 0 bridgehead atoms. The van der Waals surface area contributed by atoms with Crippen LogP contribution in [0.5, 0.6) is 5.88 Å². The van der Waals surface area contributed by atoms with Crippen LogP contribution < -0.4 is 5.69 Å². The van der Waals surface area contributed by atoms with Crippen LogP contribution >= 0.6 is 11.8 Å². The van der Waals surface area contributed by atoms with Gasteiger partial charge in [0.2, 0.25) is 5.88 Å². The van der Waals surface area contributed by atoms with Gasteiger partial charge in [-0.1, -0.05) is 0 Å². The Bertz CT molecular complexity index is 1280. The molecule has 8 nitrogen and oxygen atoms in total. The minimum absolute atomic E-state index is 0.0184. The molecule has 4 rings (SSSR count). The number of alkyl halides is 3. The Hall–Kier alpha value is -3.25. The summed E-state index contributed by atoms with van der Waals surface area (Å²) in [6, 6.07) is 6.82. The predicted molar refractivity (Wildman–Crippen MR) is 125 cm³/mol. The fourth-order valence-electron chi connectivity index (χ4n) is 3.96. The molecule has 3 aromatic rings. The number of carbonyl (C=O) groups is 1. The number of hydrogen-bond acceptors (Lipinski definition) is 6. The largest absolute Gasteiger partial charge is 0.493 e. The summed E-state index contributed by atoms with van der Waals surface area (Å²) in [7, 11) is 1.99. The van der Waals surface area contributed by atoms with Crippen LogP contribution in [-0.4, -0.2) is 73.7 Å². The molecule has 2 aromatic heterocycles. The second-order valence-corrected chi connectivity index (χ2v) is 9.42. The van der Waals surface area contributed by atoms with E-state index in [1.807, 2.05) is 7.05 Å². The first-order valence-electron chi connectivity index (χ1n) is 10.8. The maximum absolute atomic E-state index is 13.2. The zero-order valence-corrected chi connectivity index (χ0v) is 19.9. The van der Waals surface area contributed by atoms with Gasteiger partial charge in [-0.3, -0.25) is 14.3 Å². The van der Waals surface area contributed by atoms with Gasteiger partial charge in [0.25, 0.3) is 5.91 Å². The summed E-state index contributed by atoms with van der Waals surface area (Å²) in [4.78, 5) is 34.3. The lowest BCUT2D eigenvalue weighted by Crippen LogP contribution is -2.47. The van der Waals surface area contributed by atoms with Gasteiger partial charge < -0.3 is 14.9 Å². The van der Waals surface area contributed by atoms with E-state index in [4.69, 9.17) is 0 Å². The molecular weight excluding hydrogens is 483 g/mol. The van der Waals surface area contributed by atoms with Gasteiger partial charge in [-0.2, -0.15) is 13.2 Å². The highest BCUT2D eigenvalue weighted by Gasteiger charge is 2.29. The first-order chi connectivity index (χ1) is 16.5. The zero-order valence-electron chi connectivity index (χ0n) is 19.1. The summed E-state index contributed by atoms with van der Waals surface area (Å²) in [5.41, 5.74) is -3.56. The molecule has 35 heavy (non-hydrogen) atoms. The number of carbonyl (C=O) groups excluding carboxylic acids is 1. The number of thioether (sulfide) groups is 1. The molecule has 1 saturated heterocycles. The molecule has 1 aliphatic rings. The molecule has 0 radical (unpaired) electrons. The number of pyridine rings is 1. The highest BCUT2D eigenvalue weighted by Crippen LogP contribution is 2.37. The van der Waals surface area contributed by atoms with E-state index in [0.717, 1.165) is 17.7 Å². The number of piperazine rings is 1. The number of amides is 1. The van der Waals surface area contributed by atoms with Crippen molar-refractivity contribution >= 4 is 17.7 Å². The van der Waals surface area contributed by atoms with Gasteiger partial charge in [0.05, 0.1) is 23.5 Å². The standard InChI is InChI=1S/C23H24F3N5O3S/c1-15-20(32)31(17-3-5-18(6-4-17)35-23(24,25)26)22(34)30(15)14-16-7-8-27-13-19(16)21(33)29-11-9-28(2)10-12-29/h3-8,13,32H,9-12,14H2,1-2H3. The average Bonchev–Trinajstić information content (AvgIpc) is 3.02. The fourth-order valence-corrected chi connectivity index (χ4v) is 4.50. The van der Waals surface area contributed by atoms with Crippen molar-refractivity contribution in [2.75, 3.05) is 33.2 Å². The van der Waals surface area contributed by atoms with Crippen molar-refractivity contribution in [2.24, 2.45) is 0 Å². The van der Waals surface area contributed by atoms with Gasteiger partial charge in [-0.15, -0.1) is 0 Å². The first kappa shape index (κ1) is 24.9. The smallest absolute Gasteiger partial charge is 0.446 e. The van der Waals surface area contributed by atoms with Crippen LogP contribution in [0.1, 0.15) is 21.6 Å². The van der Waals surface area contributed by atoms with Gasteiger partial charge in [-0.05, 0) is 61.6 Å². The van der Waals surface area contributed by atoms with Gasteiger partial charge in [-0.25, -0.2) is 9.36 Å². The molecule has 1 fully saturated rings. The first-order valence-corrected chi connectivity index (χ1v) is 11.6. The minimum Gasteiger partial charge on any atom is -0.493 e. The Morgan fingerprint density at radius 1 is 1.11 bits per heavy atom. The van der Waals surface area contributed by atoms with E-state index in [0.29, 0.717) is 24.2 Å². The topological polar surface area (TPSA) is 83.6 Å². The van der Waals surface area contributed by atoms with E-state index in [1.165, 1.54) is 41.2 Å². The molecule has 0 saturated carbocycles. The van der Waals surface area contributed by atoms with Crippen molar-refractivity contribution in [2.45, 2.75) is 23.9 Å². The summed E-state index contributed by atoms with van der Waals surface area (Å²) in [5, 5.41) is 10.7. The van der Waals surface area contributed by atoms with E-state index in [2.05, 4.69) is 9.88 Å². The molecule has 0 unspecified atom stereocenters. The molecule has 1 aliphatic heterocycles. The Kier molecular flexibility index (Phi) is 6.95. The number of imidazole rings is 1. The van der Waals surface area contributed by atoms with Gasteiger partial charge in [0.15, 0.2) is 0 Å². The number of hydrogen-bond donors (Lipinski definition) is 1. The summed E-state index contributed by atoms with van der Waals surface area (Å²) in [5.74, 6) is -0.500. The molecule has 1 N–H and O–H groups in total. The fraction of sp³-hybridized carbons (Fsp3) is 0.348. The number of halogens is 3. The van der Waals surface area contributed by atoms with Crippen molar-refractivity contribution < 1.29 is 23.1 Å². The third-order valence-corrected chi connectivity index (χ3v) is 6.69. The van der Waals surface area contributed by atoms with Crippen molar-refractivity contribution in [1.29, 1.82) is 0 Å². The summed E-state index contributed by atoms with van der Waals surface area (Å²) < 4.78 is 40.2. The summed E-state index contributed by atoms with van der Waals surface area (Å²) >= 11 is -0.260. The van der Waals surface area contributed by atoms with E-state index in [9.17, 15) is 27.9 Å².